The third-order valence-corrected chi connectivity index (χ3v) is 4.21. The zero-order valence-electron chi connectivity index (χ0n) is 14.7. The maximum Gasteiger partial charge on any atom is 0.226 e. The average Bonchev–Trinajstić information content (AvgIpc) is 2.86. The first-order valence-corrected chi connectivity index (χ1v) is 8.73. The molecule has 1 aromatic heterocycles. The topological polar surface area (TPSA) is 100 Å². The summed E-state index contributed by atoms with van der Waals surface area (Å²) in [5, 5.41) is 8.71. The standard InChI is InChI=1S/C17H22N4O3S/c1-10(22)19-16-21-12-6-5-11(9-13(12)25-16)20-14(23)7-8-18-15(24)17(2,3)4/h5-6,9H,7-8H2,1-4H3,(H,18,24)(H,20,23)(H,19,21,22). The first-order chi connectivity index (χ1) is 11.6. The molecule has 2 rings (SSSR count). The largest absolute Gasteiger partial charge is 0.355 e. The average molecular weight is 362 g/mol. The molecular weight excluding hydrogens is 340 g/mol. The van der Waals surface area contributed by atoms with Gasteiger partial charge in [-0.25, -0.2) is 4.98 Å². The number of nitrogens with one attached hydrogen (secondary N) is 3. The Bertz CT molecular complexity index is 808. The Morgan fingerprint density at radius 1 is 1.16 bits per heavy atom. The van der Waals surface area contributed by atoms with E-state index >= 15 is 0 Å². The molecule has 0 atom stereocenters. The third kappa shape index (κ3) is 5.53. The van der Waals surface area contributed by atoms with E-state index in [0.29, 0.717) is 10.8 Å². The van der Waals surface area contributed by atoms with Gasteiger partial charge in [-0.1, -0.05) is 32.1 Å². The van der Waals surface area contributed by atoms with Crippen molar-refractivity contribution in [1.82, 2.24) is 10.3 Å². The van der Waals surface area contributed by atoms with Crippen LogP contribution in [0.5, 0.6) is 0 Å². The summed E-state index contributed by atoms with van der Waals surface area (Å²) in [5.41, 5.74) is 0.932. The molecule has 0 bridgehead atoms. The fraction of sp³-hybridized carbons (Fsp3) is 0.412. The van der Waals surface area contributed by atoms with Crippen molar-refractivity contribution in [2.24, 2.45) is 5.41 Å². The van der Waals surface area contributed by atoms with Gasteiger partial charge in [0.2, 0.25) is 17.7 Å². The van der Waals surface area contributed by atoms with Gasteiger partial charge in [-0.15, -0.1) is 0 Å². The van der Waals surface area contributed by atoms with Crippen molar-refractivity contribution in [3.8, 4) is 0 Å². The molecule has 7 nitrogen and oxygen atoms in total. The second-order valence-electron chi connectivity index (χ2n) is 6.69. The van der Waals surface area contributed by atoms with Crippen LogP contribution in [0.25, 0.3) is 10.2 Å². The second-order valence-corrected chi connectivity index (χ2v) is 7.72. The number of fused-ring (bicyclic) bond motifs is 1. The highest BCUT2D eigenvalue weighted by atomic mass is 32.1. The summed E-state index contributed by atoms with van der Waals surface area (Å²) in [7, 11) is 0. The Hall–Kier alpha value is -2.48. The van der Waals surface area contributed by atoms with Gasteiger partial charge in [0.25, 0.3) is 0 Å². The lowest BCUT2D eigenvalue weighted by molar-refractivity contribution is -0.128. The van der Waals surface area contributed by atoms with Crippen LogP contribution in [-0.2, 0) is 14.4 Å². The van der Waals surface area contributed by atoms with Gasteiger partial charge in [0.05, 0.1) is 10.2 Å². The lowest BCUT2D eigenvalue weighted by Crippen LogP contribution is -2.36. The van der Waals surface area contributed by atoms with E-state index in [1.165, 1.54) is 18.3 Å². The molecule has 0 aliphatic rings. The minimum atomic E-state index is -0.473. The number of rotatable bonds is 5. The number of hydrogen-bond donors (Lipinski definition) is 3. The summed E-state index contributed by atoms with van der Waals surface area (Å²) in [4.78, 5) is 39.1. The Balaban J connectivity index is 1.92. The first-order valence-electron chi connectivity index (χ1n) is 7.91. The van der Waals surface area contributed by atoms with E-state index in [9.17, 15) is 14.4 Å². The van der Waals surface area contributed by atoms with Crippen molar-refractivity contribution in [3.05, 3.63) is 18.2 Å². The van der Waals surface area contributed by atoms with Gasteiger partial charge < -0.3 is 16.0 Å². The number of benzene rings is 1. The van der Waals surface area contributed by atoms with Crippen LogP contribution < -0.4 is 16.0 Å². The van der Waals surface area contributed by atoms with Crippen molar-refractivity contribution in [3.63, 3.8) is 0 Å². The van der Waals surface area contributed by atoms with Gasteiger partial charge in [-0.2, -0.15) is 0 Å². The molecule has 0 aliphatic carbocycles. The van der Waals surface area contributed by atoms with E-state index in [4.69, 9.17) is 0 Å². The van der Waals surface area contributed by atoms with E-state index in [0.717, 1.165) is 10.2 Å². The fourth-order valence-corrected chi connectivity index (χ4v) is 2.94. The quantitative estimate of drug-likeness (QED) is 0.761. The Labute approximate surface area is 150 Å². The third-order valence-electron chi connectivity index (χ3n) is 3.27. The number of hydrogen-bond acceptors (Lipinski definition) is 5. The molecule has 25 heavy (non-hydrogen) atoms. The summed E-state index contributed by atoms with van der Waals surface area (Å²) in [6, 6.07) is 5.35. The summed E-state index contributed by atoms with van der Waals surface area (Å²) >= 11 is 1.34. The highest BCUT2D eigenvalue weighted by molar-refractivity contribution is 7.22. The number of amides is 3. The monoisotopic (exact) mass is 362 g/mol. The van der Waals surface area contributed by atoms with Crippen LogP contribution in [-0.4, -0.2) is 29.3 Å². The number of anilines is 2. The van der Waals surface area contributed by atoms with Gasteiger partial charge in [0, 0.05) is 31.0 Å². The zero-order chi connectivity index (χ0) is 18.6. The molecule has 0 aliphatic heterocycles. The van der Waals surface area contributed by atoms with E-state index in [1.807, 2.05) is 26.8 Å². The molecule has 3 amide bonds. The van der Waals surface area contributed by atoms with E-state index in [-0.39, 0.29) is 30.7 Å². The van der Waals surface area contributed by atoms with Crippen LogP contribution in [0.2, 0.25) is 0 Å². The molecule has 0 saturated heterocycles. The Morgan fingerprint density at radius 2 is 1.88 bits per heavy atom. The van der Waals surface area contributed by atoms with Gasteiger partial charge in [0.1, 0.15) is 0 Å². The van der Waals surface area contributed by atoms with Gasteiger partial charge >= 0.3 is 0 Å². The number of nitrogens with zero attached hydrogens (tertiary/aromatic N) is 1. The number of carbonyl (C=O) groups is 3. The lowest BCUT2D eigenvalue weighted by Gasteiger charge is -2.17. The van der Waals surface area contributed by atoms with E-state index in [2.05, 4.69) is 20.9 Å². The maximum absolute atomic E-state index is 12.0. The van der Waals surface area contributed by atoms with Crippen LogP contribution in [0.15, 0.2) is 18.2 Å². The first kappa shape index (κ1) is 18.9. The maximum atomic E-state index is 12.0. The molecule has 0 radical (unpaired) electrons. The predicted molar refractivity (Wildman–Crippen MR) is 99.6 cm³/mol. The molecule has 1 heterocycles. The lowest BCUT2D eigenvalue weighted by atomic mass is 9.96. The number of thiazole rings is 1. The molecule has 0 spiro atoms. The highest BCUT2D eigenvalue weighted by Crippen LogP contribution is 2.28. The summed E-state index contributed by atoms with van der Waals surface area (Å²) in [6.07, 6.45) is 0.194. The molecule has 3 N–H and O–H groups in total. The molecular formula is C17H22N4O3S. The minimum absolute atomic E-state index is 0.0862. The smallest absolute Gasteiger partial charge is 0.226 e. The SMILES string of the molecule is CC(=O)Nc1nc2ccc(NC(=O)CCNC(=O)C(C)(C)C)cc2s1. The fourth-order valence-electron chi connectivity index (χ4n) is 1.98. The molecule has 2 aromatic rings. The molecule has 0 saturated carbocycles. The van der Waals surface area contributed by atoms with Crippen molar-refractivity contribution in [2.45, 2.75) is 34.1 Å². The molecule has 0 fully saturated rings. The van der Waals surface area contributed by atoms with Crippen LogP contribution in [0.4, 0.5) is 10.8 Å². The van der Waals surface area contributed by atoms with Crippen LogP contribution in [0, 0.1) is 5.41 Å². The van der Waals surface area contributed by atoms with E-state index < -0.39 is 5.41 Å². The molecule has 1 aromatic carbocycles. The highest BCUT2D eigenvalue weighted by Gasteiger charge is 2.20. The zero-order valence-corrected chi connectivity index (χ0v) is 15.5. The van der Waals surface area contributed by atoms with Crippen LogP contribution >= 0.6 is 11.3 Å². The van der Waals surface area contributed by atoms with E-state index in [1.54, 1.807) is 12.1 Å². The Kier molecular flexibility index (Phi) is 5.73. The second kappa shape index (κ2) is 7.60. The van der Waals surface area contributed by atoms with Crippen molar-refractivity contribution < 1.29 is 14.4 Å². The normalized spacial score (nSPS) is 11.2. The van der Waals surface area contributed by atoms with Crippen molar-refractivity contribution in [1.29, 1.82) is 0 Å². The van der Waals surface area contributed by atoms with Gasteiger partial charge in [-0.3, -0.25) is 14.4 Å². The van der Waals surface area contributed by atoms with Gasteiger partial charge in [0.15, 0.2) is 5.13 Å². The molecule has 8 heteroatoms. The summed E-state index contributed by atoms with van der Waals surface area (Å²) in [5.74, 6) is -0.443. The summed E-state index contributed by atoms with van der Waals surface area (Å²) in [6.45, 7) is 7.18. The van der Waals surface area contributed by atoms with Gasteiger partial charge in [-0.05, 0) is 18.2 Å². The number of aromatic nitrogens is 1. The molecule has 134 valence electrons. The van der Waals surface area contributed by atoms with Crippen LogP contribution in [0.3, 0.4) is 0 Å². The van der Waals surface area contributed by atoms with Crippen molar-refractivity contribution in [2.75, 3.05) is 17.2 Å². The Morgan fingerprint density at radius 3 is 2.52 bits per heavy atom. The molecule has 0 unspecified atom stereocenters. The van der Waals surface area contributed by atoms with Crippen LogP contribution in [0.1, 0.15) is 34.1 Å². The van der Waals surface area contributed by atoms with Crippen molar-refractivity contribution >= 4 is 50.1 Å². The summed E-state index contributed by atoms with van der Waals surface area (Å²) < 4.78 is 0.864. The number of carbonyl (C=O) groups excluding carboxylic acids is 3. The predicted octanol–water partition coefficient (Wildman–Crippen LogP) is 2.75. The minimum Gasteiger partial charge on any atom is -0.355 e.